The summed E-state index contributed by atoms with van der Waals surface area (Å²) in [4.78, 5) is 28.7. The minimum absolute atomic E-state index is 0.287. The van der Waals surface area contributed by atoms with E-state index in [2.05, 4.69) is 0 Å². The minimum Gasteiger partial charge on any atom is -0.452 e. The molecule has 1 aliphatic rings. The molecule has 0 saturated heterocycles. The van der Waals surface area contributed by atoms with Gasteiger partial charge in [-0.3, -0.25) is 4.79 Å². The number of primary amides is 1. The maximum Gasteiger partial charge on any atom is 0.339 e. The number of esters is 1. The van der Waals surface area contributed by atoms with E-state index in [9.17, 15) is 14.0 Å². The first kappa shape index (κ1) is 20.0. The molecule has 0 aliphatic heterocycles. The van der Waals surface area contributed by atoms with Gasteiger partial charge in [0, 0.05) is 10.9 Å². The van der Waals surface area contributed by atoms with Crippen molar-refractivity contribution < 1.29 is 18.7 Å². The highest BCUT2D eigenvalue weighted by atomic mass is 35.5. The topological polar surface area (TPSA) is 82.3 Å². The molecule has 1 aliphatic carbocycles. The number of rotatable bonds is 4. The second-order valence-corrected chi connectivity index (χ2v) is 7.44. The maximum absolute atomic E-state index is 14.4. The highest BCUT2D eigenvalue weighted by Crippen LogP contribution is 2.37. The van der Waals surface area contributed by atoms with E-state index < -0.39 is 24.3 Å². The smallest absolute Gasteiger partial charge is 0.339 e. The molecule has 0 spiro atoms. The molecule has 0 bridgehead atoms. The van der Waals surface area contributed by atoms with E-state index in [1.807, 2.05) is 6.07 Å². The second-order valence-electron chi connectivity index (χ2n) is 7.03. The molecule has 0 saturated carbocycles. The lowest BCUT2D eigenvalue weighted by molar-refractivity contribution is -0.121. The third kappa shape index (κ3) is 3.78. The van der Waals surface area contributed by atoms with Crippen LogP contribution in [0.4, 0.5) is 4.39 Å². The Morgan fingerprint density at radius 2 is 1.97 bits per heavy atom. The van der Waals surface area contributed by atoms with Gasteiger partial charge < -0.3 is 10.5 Å². The Kier molecular flexibility index (Phi) is 5.50. The summed E-state index contributed by atoms with van der Waals surface area (Å²) in [5.41, 5.74) is 8.50. The van der Waals surface area contributed by atoms with E-state index in [-0.39, 0.29) is 5.56 Å². The molecule has 1 aromatic heterocycles. The molecule has 0 unspecified atom stereocenters. The number of nitrogens with two attached hydrogens (primary N) is 1. The van der Waals surface area contributed by atoms with Crippen LogP contribution in [0.5, 0.6) is 0 Å². The Morgan fingerprint density at radius 3 is 2.73 bits per heavy atom. The van der Waals surface area contributed by atoms with Gasteiger partial charge in [0.15, 0.2) is 6.61 Å². The first-order valence-electron chi connectivity index (χ1n) is 9.47. The van der Waals surface area contributed by atoms with Crippen LogP contribution in [0.15, 0.2) is 42.5 Å². The van der Waals surface area contributed by atoms with Crippen molar-refractivity contribution in [2.75, 3.05) is 6.61 Å². The average Bonchev–Trinajstić information content (AvgIpc) is 2.73. The predicted molar refractivity (Wildman–Crippen MR) is 113 cm³/mol. The molecule has 5 nitrogen and oxygen atoms in total. The highest BCUT2D eigenvalue weighted by Gasteiger charge is 2.26. The van der Waals surface area contributed by atoms with Crippen LogP contribution in [0.3, 0.4) is 0 Å². The Bertz CT molecular complexity index is 1190. The number of para-hydroxylation sites is 1. The first-order chi connectivity index (χ1) is 14.5. The first-order valence-corrected chi connectivity index (χ1v) is 9.85. The van der Waals surface area contributed by atoms with E-state index in [4.69, 9.17) is 27.1 Å². The fourth-order valence-corrected chi connectivity index (χ4v) is 3.96. The van der Waals surface area contributed by atoms with Crippen molar-refractivity contribution in [3.63, 3.8) is 0 Å². The third-order valence-electron chi connectivity index (χ3n) is 5.04. The number of benzene rings is 2. The van der Waals surface area contributed by atoms with Crippen LogP contribution in [0, 0.1) is 5.82 Å². The number of fused-ring (bicyclic) bond motifs is 2. The molecular weight excluding hydrogens is 407 g/mol. The Labute approximate surface area is 177 Å². The molecule has 152 valence electrons. The molecule has 0 radical (unpaired) electrons. The van der Waals surface area contributed by atoms with Crippen LogP contribution in [0.1, 0.15) is 40.0 Å². The number of carbonyl (C=O) groups is 2. The van der Waals surface area contributed by atoms with Gasteiger partial charge in [-0.2, -0.15) is 0 Å². The quantitative estimate of drug-likeness (QED) is 0.623. The van der Waals surface area contributed by atoms with E-state index in [1.54, 1.807) is 36.4 Å². The van der Waals surface area contributed by atoms with Gasteiger partial charge in [-0.25, -0.2) is 14.2 Å². The summed E-state index contributed by atoms with van der Waals surface area (Å²) in [6.07, 6.45) is 3.71. The number of amides is 1. The lowest BCUT2D eigenvalue weighted by Gasteiger charge is -2.22. The van der Waals surface area contributed by atoms with Crippen LogP contribution in [0.25, 0.3) is 22.6 Å². The zero-order valence-corrected chi connectivity index (χ0v) is 16.7. The molecule has 4 rings (SSSR count). The van der Waals surface area contributed by atoms with Crippen LogP contribution in [-0.2, 0) is 16.0 Å². The number of aromatic nitrogens is 1. The third-order valence-corrected chi connectivity index (χ3v) is 5.37. The monoisotopic (exact) mass is 424 g/mol. The van der Waals surface area contributed by atoms with Crippen molar-refractivity contribution in [1.82, 2.24) is 4.98 Å². The zero-order valence-electron chi connectivity index (χ0n) is 16.0. The summed E-state index contributed by atoms with van der Waals surface area (Å²) < 4.78 is 19.5. The molecule has 1 amide bonds. The van der Waals surface area contributed by atoms with Gasteiger partial charge in [0.1, 0.15) is 5.82 Å². The predicted octanol–water partition coefficient (Wildman–Crippen LogP) is 4.55. The van der Waals surface area contributed by atoms with Crippen molar-refractivity contribution in [3.8, 4) is 0 Å². The lowest BCUT2D eigenvalue weighted by atomic mass is 9.86. The van der Waals surface area contributed by atoms with Gasteiger partial charge in [0.25, 0.3) is 5.91 Å². The highest BCUT2D eigenvalue weighted by molar-refractivity contribution is 6.32. The molecule has 30 heavy (non-hydrogen) atoms. The Morgan fingerprint density at radius 1 is 1.17 bits per heavy atom. The maximum atomic E-state index is 14.4. The van der Waals surface area contributed by atoms with E-state index in [0.29, 0.717) is 45.6 Å². The van der Waals surface area contributed by atoms with Crippen molar-refractivity contribution in [3.05, 3.63) is 75.7 Å². The summed E-state index contributed by atoms with van der Waals surface area (Å²) in [5, 5.41) is 0.937. The summed E-state index contributed by atoms with van der Waals surface area (Å²) in [7, 11) is 0. The molecule has 0 atom stereocenters. The standard InChI is InChI=1S/C23H18ClFN2O3/c24-17-8-4-9-18(25)16(17)11-13-5-3-7-15-21(23(29)30-12-20(26)28)14-6-1-2-10-19(14)27-22(13)15/h1-2,4,6,8-11H,3,5,7,12H2,(H2,26,28)/b13-11+. The summed E-state index contributed by atoms with van der Waals surface area (Å²) in [6.45, 7) is -0.502. The van der Waals surface area contributed by atoms with Crippen molar-refractivity contribution in [2.45, 2.75) is 19.3 Å². The Hall–Kier alpha value is -3.25. The van der Waals surface area contributed by atoms with Gasteiger partial charge in [-0.05, 0) is 54.7 Å². The zero-order chi connectivity index (χ0) is 21.3. The van der Waals surface area contributed by atoms with Crippen LogP contribution >= 0.6 is 11.6 Å². The number of pyridine rings is 1. The van der Waals surface area contributed by atoms with E-state index in [1.165, 1.54) is 6.07 Å². The average molecular weight is 425 g/mol. The molecule has 2 N–H and O–H groups in total. The van der Waals surface area contributed by atoms with Gasteiger partial charge in [-0.1, -0.05) is 35.9 Å². The minimum atomic E-state index is -0.731. The molecule has 1 heterocycles. The lowest BCUT2D eigenvalue weighted by Crippen LogP contribution is -2.22. The van der Waals surface area contributed by atoms with Gasteiger partial charge in [0.2, 0.25) is 0 Å². The fourth-order valence-electron chi connectivity index (χ4n) is 3.74. The molecular formula is C23H18ClFN2O3. The summed E-state index contributed by atoms with van der Waals surface area (Å²) >= 11 is 6.20. The van der Waals surface area contributed by atoms with Gasteiger partial charge in [0.05, 0.1) is 21.8 Å². The van der Waals surface area contributed by atoms with Crippen LogP contribution in [-0.4, -0.2) is 23.5 Å². The number of allylic oxidation sites excluding steroid dienone is 1. The van der Waals surface area contributed by atoms with Gasteiger partial charge >= 0.3 is 5.97 Å². The molecule has 3 aromatic rings. The SMILES string of the molecule is NC(=O)COC(=O)c1c2c(nc3ccccc13)/C(=C/c1c(F)cccc1Cl)CCC2. The number of ether oxygens (including phenoxy) is 1. The van der Waals surface area contributed by atoms with Crippen LogP contribution < -0.4 is 5.73 Å². The normalized spacial score (nSPS) is 14.5. The van der Waals surface area contributed by atoms with Crippen molar-refractivity contribution in [1.29, 1.82) is 0 Å². The summed E-state index contributed by atoms with van der Waals surface area (Å²) in [5.74, 6) is -1.79. The molecule has 0 fully saturated rings. The summed E-state index contributed by atoms with van der Waals surface area (Å²) in [6, 6.07) is 11.7. The fraction of sp³-hybridized carbons (Fsp3) is 0.174. The molecule has 2 aromatic carbocycles. The number of hydrogen-bond acceptors (Lipinski definition) is 4. The number of hydrogen-bond donors (Lipinski definition) is 1. The number of nitrogens with zero attached hydrogens (tertiary/aromatic N) is 1. The second kappa shape index (κ2) is 8.24. The molecule has 7 heteroatoms. The van der Waals surface area contributed by atoms with Crippen molar-refractivity contribution >= 4 is 46.0 Å². The van der Waals surface area contributed by atoms with Gasteiger partial charge in [-0.15, -0.1) is 0 Å². The number of carbonyl (C=O) groups excluding carboxylic acids is 2. The van der Waals surface area contributed by atoms with E-state index in [0.717, 1.165) is 12.0 Å². The Balaban J connectivity index is 1.91. The van der Waals surface area contributed by atoms with Crippen molar-refractivity contribution in [2.24, 2.45) is 5.73 Å². The number of halogens is 2. The van der Waals surface area contributed by atoms with Crippen LogP contribution in [0.2, 0.25) is 5.02 Å². The largest absolute Gasteiger partial charge is 0.452 e. The van der Waals surface area contributed by atoms with E-state index >= 15 is 0 Å².